The first kappa shape index (κ1) is 9.78. The van der Waals surface area contributed by atoms with E-state index in [1.807, 2.05) is 0 Å². The van der Waals surface area contributed by atoms with E-state index >= 15 is 0 Å². The lowest BCUT2D eigenvalue weighted by molar-refractivity contribution is 0.940. The standard InChI is InChI=1S/C3H4N2.C2H3N3.H3P/c1-2-5-3-4-1;1-2-4-5-3-1;/h1-3H,(H,4,5);1-2H,(H,3,4,5);1H3. The van der Waals surface area contributed by atoms with Crippen LogP contribution in [0, 0.1) is 0 Å². The zero-order valence-corrected chi connectivity index (χ0v) is 7.35. The number of H-pyrrole nitrogens is 2. The molecule has 5 nitrogen and oxygen atoms in total. The molecule has 0 aliphatic rings. The van der Waals surface area contributed by atoms with Gasteiger partial charge in [0.25, 0.3) is 0 Å². The van der Waals surface area contributed by atoms with Gasteiger partial charge in [-0.1, -0.05) is 5.21 Å². The molecule has 1 unspecified atom stereocenters. The highest BCUT2D eigenvalue weighted by molar-refractivity contribution is 6.92. The van der Waals surface area contributed by atoms with Gasteiger partial charge in [-0.2, -0.15) is 9.90 Å². The second-order valence-corrected chi connectivity index (χ2v) is 1.42. The molecular weight excluding hydrogens is 161 g/mol. The van der Waals surface area contributed by atoms with Gasteiger partial charge >= 0.3 is 0 Å². The van der Waals surface area contributed by atoms with Crippen molar-refractivity contribution in [3.05, 3.63) is 31.1 Å². The van der Waals surface area contributed by atoms with E-state index in [1.54, 1.807) is 31.1 Å². The maximum absolute atomic E-state index is 3.67. The molecule has 0 bridgehead atoms. The quantitative estimate of drug-likeness (QED) is 0.559. The van der Waals surface area contributed by atoms with Gasteiger partial charge in [0.05, 0.1) is 12.5 Å². The number of imidazole rings is 1. The second-order valence-electron chi connectivity index (χ2n) is 1.42. The van der Waals surface area contributed by atoms with Gasteiger partial charge in [-0.3, -0.25) is 5.10 Å². The van der Waals surface area contributed by atoms with Crippen molar-refractivity contribution in [2.45, 2.75) is 0 Å². The van der Waals surface area contributed by atoms with E-state index in [1.165, 1.54) is 0 Å². The molecule has 2 heterocycles. The smallest absolute Gasteiger partial charge is 0.0919 e. The number of hydrogen-bond acceptors (Lipinski definition) is 3. The first-order chi connectivity index (χ1) is 5.00. The van der Waals surface area contributed by atoms with Crippen LogP contribution >= 0.6 is 9.90 Å². The van der Waals surface area contributed by atoms with Crippen molar-refractivity contribution in [1.82, 2.24) is 25.4 Å². The first-order valence-corrected chi connectivity index (χ1v) is 2.73. The summed E-state index contributed by atoms with van der Waals surface area (Å²) in [5, 5.41) is 9.26. The Labute approximate surface area is 67.3 Å². The van der Waals surface area contributed by atoms with Crippen molar-refractivity contribution in [3.8, 4) is 0 Å². The van der Waals surface area contributed by atoms with E-state index in [0.29, 0.717) is 0 Å². The lowest BCUT2D eigenvalue weighted by Gasteiger charge is -1.46. The summed E-state index contributed by atoms with van der Waals surface area (Å²) in [6.07, 6.45) is 8.32. The topological polar surface area (TPSA) is 70.2 Å². The summed E-state index contributed by atoms with van der Waals surface area (Å²) in [5.74, 6) is 0. The minimum Gasteiger partial charge on any atom is -0.351 e. The van der Waals surface area contributed by atoms with Crippen LogP contribution in [0.4, 0.5) is 0 Å². The number of aromatic nitrogens is 5. The Kier molecular flexibility index (Phi) is 6.13. The average molecular weight is 171 g/mol. The van der Waals surface area contributed by atoms with Crippen LogP contribution in [0.15, 0.2) is 31.1 Å². The van der Waals surface area contributed by atoms with E-state index in [0.717, 1.165) is 0 Å². The fraction of sp³-hybridized carbons (Fsp3) is 0. The SMILES string of the molecule is P.c1c[nH]cn1.c1c[nH]nn1. The Morgan fingerprint density at radius 3 is 2.18 bits per heavy atom. The van der Waals surface area contributed by atoms with Gasteiger partial charge in [-0.15, -0.1) is 5.10 Å². The number of nitrogens with one attached hydrogen (secondary N) is 2. The van der Waals surface area contributed by atoms with Crippen molar-refractivity contribution in [1.29, 1.82) is 0 Å². The lowest BCUT2D eigenvalue weighted by Crippen LogP contribution is -1.61. The Morgan fingerprint density at radius 1 is 1.09 bits per heavy atom. The van der Waals surface area contributed by atoms with Gasteiger partial charge in [-0.25, -0.2) is 4.98 Å². The molecule has 0 aliphatic carbocycles. The number of hydrogen-bond donors (Lipinski definition) is 2. The third-order valence-electron chi connectivity index (χ3n) is 0.737. The van der Waals surface area contributed by atoms with E-state index < -0.39 is 0 Å². The summed E-state index contributed by atoms with van der Waals surface area (Å²) in [6, 6.07) is 0. The van der Waals surface area contributed by atoms with Crippen LogP contribution in [0.1, 0.15) is 0 Å². The van der Waals surface area contributed by atoms with Crippen LogP contribution in [0.5, 0.6) is 0 Å². The van der Waals surface area contributed by atoms with E-state index in [4.69, 9.17) is 0 Å². The summed E-state index contributed by atoms with van der Waals surface area (Å²) in [7, 11) is 0. The molecule has 2 N–H and O–H groups in total. The lowest BCUT2D eigenvalue weighted by atomic mass is 11.0. The third-order valence-corrected chi connectivity index (χ3v) is 0.737. The number of nitrogens with zero attached hydrogens (tertiary/aromatic N) is 3. The summed E-state index contributed by atoms with van der Waals surface area (Å²) in [6.45, 7) is 0. The highest BCUT2D eigenvalue weighted by Gasteiger charge is 1.57. The van der Waals surface area contributed by atoms with Crippen LogP contribution in [0.2, 0.25) is 0 Å². The minimum atomic E-state index is 0. The molecule has 11 heavy (non-hydrogen) atoms. The Balaban J connectivity index is 0.000000167. The predicted octanol–water partition coefficient (Wildman–Crippen LogP) is 0.272. The van der Waals surface area contributed by atoms with Gasteiger partial charge in [0.15, 0.2) is 0 Å². The summed E-state index contributed by atoms with van der Waals surface area (Å²) in [4.78, 5) is 6.42. The monoisotopic (exact) mass is 171 g/mol. The molecule has 2 aromatic rings. The van der Waals surface area contributed by atoms with Crippen molar-refractivity contribution in [2.75, 3.05) is 0 Å². The molecule has 60 valence electrons. The third kappa shape index (κ3) is 5.24. The molecular formula is C5H10N5P. The van der Waals surface area contributed by atoms with Gasteiger partial charge in [0.1, 0.15) is 0 Å². The number of rotatable bonds is 0. The molecule has 0 saturated carbocycles. The maximum atomic E-state index is 3.67. The van der Waals surface area contributed by atoms with Crippen LogP contribution in [0.25, 0.3) is 0 Å². The molecule has 0 aromatic carbocycles. The maximum Gasteiger partial charge on any atom is 0.0919 e. The first-order valence-electron chi connectivity index (χ1n) is 2.73. The molecule has 6 heteroatoms. The van der Waals surface area contributed by atoms with Gasteiger partial charge in [-0.05, 0) is 0 Å². The number of aromatic amines is 2. The summed E-state index contributed by atoms with van der Waals surface area (Å²) >= 11 is 0. The molecule has 2 rings (SSSR count). The molecule has 0 radical (unpaired) electrons. The zero-order valence-electron chi connectivity index (χ0n) is 5.94. The predicted molar refractivity (Wildman–Crippen MR) is 46.1 cm³/mol. The Bertz CT molecular complexity index is 154. The van der Waals surface area contributed by atoms with Gasteiger partial charge in [0.2, 0.25) is 0 Å². The Hall–Kier alpha value is -1.22. The molecule has 0 saturated heterocycles. The highest BCUT2D eigenvalue weighted by Crippen LogP contribution is 1.62. The van der Waals surface area contributed by atoms with Crippen molar-refractivity contribution >= 4 is 9.90 Å². The average Bonchev–Trinajstić information content (AvgIpc) is 2.67. The summed E-state index contributed by atoms with van der Waals surface area (Å²) in [5.41, 5.74) is 0. The van der Waals surface area contributed by atoms with Crippen LogP contribution in [-0.2, 0) is 0 Å². The minimum absolute atomic E-state index is 0. The molecule has 2 aromatic heterocycles. The highest BCUT2D eigenvalue weighted by atomic mass is 31.0. The molecule has 1 atom stereocenters. The van der Waals surface area contributed by atoms with Gasteiger partial charge in [0, 0.05) is 18.6 Å². The fourth-order valence-corrected chi connectivity index (χ4v) is 0.382. The summed E-state index contributed by atoms with van der Waals surface area (Å²) < 4.78 is 0. The molecule has 0 amide bonds. The molecule has 0 aliphatic heterocycles. The van der Waals surface area contributed by atoms with Crippen molar-refractivity contribution in [3.63, 3.8) is 0 Å². The van der Waals surface area contributed by atoms with Crippen molar-refractivity contribution < 1.29 is 0 Å². The largest absolute Gasteiger partial charge is 0.351 e. The second kappa shape index (κ2) is 6.89. The van der Waals surface area contributed by atoms with Gasteiger partial charge < -0.3 is 4.98 Å². The van der Waals surface area contributed by atoms with Crippen LogP contribution < -0.4 is 0 Å². The molecule has 0 fully saturated rings. The molecule has 0 spiro atoms. The Morgan fingerprint density at radius 2 is 2.00 bits per heavy atom. The normalized spacial score (nSPS) is 7.27. The van der Waals surface area contributed by atoms with E-state index in [-0.39, 0.29) is 9.90 Å². The van der Waals surface area contributed by atoms with Crippen molar-refractivity contribution in [2.24, 2.45) is 0 Å². The van der Waals surface area contributed by atoms with Crippen LogP contribution in [-0.4, -0.2) is 25.4 Å². The van der Waals surface area contributed by atoms with Crippen LogP contribution in [0.3, 0.4) is 0 Å². The fourth-order valence-electron chi connectivity index (χ4n) is 0.382. The zero-order chi connectivity index (χ0) is 7.07. The van der Waals surface area contributed by atoms with E-state index in [2.05, 4.69) is 25.4 Å². The van der Waals surface area contributed by atoms with E-state index in [9.17, 15) is 0 Å².